The van der Waals surface area contributed by atoms with E-state index < -0.39 is 6.09 Å². The van der Waals surface area contributed by atoms with Crippen LogP contribution in [0.15, 0.2) is 59.5 Å². The second-order valence-corrected chi connectivity index (χ2v) is 7.86. The van der Waals surface area contributed by atoms with Crippen molar-refractivity contribution in [3.05, 3.63) is 76.3 Å². The largest absolute Gasteiger partial charge is 0.412 e. The van der Waals surface area contributed by atoms with E-state index in [0.717, 1.165) is 16.7 Å². The Morgan fingerprint density at radius 2 is 1.84 bits per heavy atom. The lowest BCUT2D eigenvalue weighted by molar-refractivity contribution is 0.203. The third-order valence-corrected chi connectivity index (χ3v) is 5.39. The number of nitrogens with one attached hydrogen (secondary N) is 1. The van der Waals surface area contributed by atoms with Gasteiger partial charge in [0, 0.05) is 19.7 Å². The van der Waals surface area contributed by atoms with Crippen molar-refractivity contribution in [1.82, 2.24) is 24.4 Å². The molecule has 2 heterocycles. The number of aryl methyl sites for hydroxylation is 1. The first kappa shape index (κ1) is 21.3. The van der Waals surface area contributed by atoms with Crippen LogP contribution >= 0.6 is 0 Å². The van der Waals surface area contributed by atoms with E-state index in [0.29, 0.717) is 35.2 Å². The van der Waals surface area contributed by atoms with Gasteiger partial charge in [-0.05, 0) is 29.2 Å². The molecule has 4 aromatic rings. The van der Waals surface area contributed by atoms with E-state index in [1.807, 2.05) is 30.3 Å². The second-order valence-electron chi connectivity index (χ2n) is 7.86. The Hall–Kier alpha value is -3.94. The zero-order valence-corrected chi connectivity index (χ0v) is 18.5. The normalized spacial score (nSPS) is 11.2. The zero-order valence-electron chi connectivity index (χ0n) is 18.5. The van der Waals surface area contributed by atoms with E-state index in [4.69, 9.17) is 9.72 Å². The number of hydrogen-bond donors (Lipinski definition) is 1. The van der Waals surface area contributed by atoms with Crippen LogP contribution in [0, 0.1) is 0 Å². The van der Waals surface area contributed by atoms with Gasteiger partial charge < -0.3 is 10.1 Å². The summed E-state index contributed by atoms with van der Waals surface area (Å²) in [6.45, 7) is 4.60. The summed E-state index contributed by atoms with van der Waals surface area (Å²) in [7, 11) is 3.21. The second kappa shape index (κ2) is 8.66. The summed E-state index contributed by atoms with van der Waals surface area (Å²) < 4.78 is 8.30. The van der Waals surface area contributed by atoms with E-state index in [9.17, 15) is 9.59 Å². The number of benzene rings is 2. The Labute approximate surface area is 185 Å². The fourth-order valence-corrected chi connectivity index (χ4v) is 3.66. The van der Waals surface area contributed by atoms with Crippen LogP contribution in [0.25, 0.3) is 22.6 Å². The number of rotatable bonds is 5. The molecule has 2 aromatic heterocycles. The highest BCUT2D eigenvalue weighted by molar-refractivity contribution is 5.74. The van der Waals surface area contributed by atoms with Crippen molar-refractivity contribution >= 4 is 17.3 Å². The third kappa shape index (κ3) is 3.99. The molecule has 0 spiro atoms. The number of hydrogen-bond acceptors (Lipinski definition) is 5. The molecule has 1 N–H and O–H groups in total. The molecule has 0 aliphatic rings. The molecule has 0 aliphatic heterocycles. The number of amides is 1. The molecule has 0 saturated carbocycles. The Morgan fingerprint density at radius 3 is 2.53 bits per heavy atom. The minimum Gasteiger partial charge on any atom is -0.410 e. The van der Waals surface area contributed by atoms with Crippen molar-refractivity contribution in [1.29, 1.82) is 0 Å². The average molecular weight is 431 g/mol. The fraction of sp³-hybridized carbons (Fsp3) is 0.250. The summed E-state index contributed by atoms with van der Waals surface area (Å²) in [5, 5.41) is 2.40. The first-order valence-electron chi connectivity index (χ1n) is 10.4. The molecule has 0 aliphatic carbocycles. The molecular formula is C24H25N5O3. The van der Waals surface area contributed by atoms with Crippen LogP contribution in [-0.4, -0.2) is 32.2 Å². The van der Waals surface area contributed by atoms with Crippen molar-refractivity contribution in [2.75, 3.05) is 7.05 Å². The Balaban J connectivity index is 1.74. The van der Waals surface area contributed by atoms with Crippen molar-refractivity contribution in [2.24, 2.45) is 7.05 Å². The molecule has 164 valence electrons. The maximum Gasteiger partial charge on any atom is 0.412 e. The van der Waals surface area contributed by atoms with Gasteiger partial charge in [-0.2, -0.15) is 0 Å². The predicted molar refractivity (Wildman–Crippen MR) is 123 cm³/mol. The summed E-state index contributed by atoms with van der Waals surface area (Å²) in [6, 6.07) is 15.1. The predicted octanol–water partition coefficient (Wildman–Crippen LogP) is 3.69. The highest BCUT2D eigenvalue weighted by Crippen LogP contribution is 2.27. The molecule has 0 radical (unpaired) electrons. The molecule has 2 aromatic carbocycles. The zero-order chi connectivity index (χ0) is 22.8. The maximum atomic E-state index is 12.9. The van der Waals surface area contributed by atoms with E-state index in [2.05, 4.69) is 30.2 Å². The Morgan fingerprint density at radius 1 is 1.12 bits per heavy atom. The average Bonchev–Trinajstić information content (AvgIpc) is 3.04. The van der Waals surface area contributed by atoms with Gasteiger partial charge >= 0.3 is 11.8 Å². The number of ether oxygens (including phenoxy) is 1. The minimum atomic E-state index is -0.533. The maximum absolute atomic E-state index is 12.9. The first-order valence-corrected chi connectivity index (χ1v) is 10.4. The quantitative estimate of drug-likeness (QED) is 0.520. The van der Waals surface area contributed by atoms with Crippen LogP contribution in [-0.2, 0) is 13.6 Å². The van der Waals surface area contributed by atoms with Gasteiger partial charge in [-0.1, -0.05) is 50.2 Å². The summed E-state index contributed by atoms with van der Waals surface area (Å²) in [4.78, 5) is 33.7. The third-order valence-electron chi connectivity index (χ3n) is 5.39. The lowest BCUT2D eigenvalue weighted by Gasteiger charge is -2.11. The van der Waals surface area contributed by atoms with Crippen molar-refractivity contribution in [2.45, 2.75) is 26.3 Å². The Bertz CT molecular complexity index is 1340. The number of imidazole rings is 1. The molecule has 4 rings (SSSR count). The van der Waals surface area contributed by atoms with Crippen molar-refractivity contribution in [3.63, 3.8) is 0 Å². The molecule has 0 atom stereocenters. The molecule has 8 heteroatoms. The highest BCUT2D eigenvalue weighted by Gasteiger charge is 2.17. The number of nitrogens with zero attached hydrogens (tertiary/aromatic N) is 4. The standard InChI is InChI=1S/C24H25N5O3/c1-15(2)18-7-5-6-8-19(18)21-26-13-20-22(27-21)29(24(31)28(20)4)14-16-9-11-17(12-10-16)32-23(30)25-3/h5-13,15H,14H2,1-4H3,(H,25,30). The monoisotopic (exact) mass is 431 g/mol. The highest BCUT2D eigenvalue weighted by atomic mass is 16.5. The van der Waals surface area contributed by atoms with Crippen LogP contribution in [0.4, 0.5) is 4.79 Å². The lowest BCUT2D eigenvalue weighted by Crippen LogP contribution is -2.23. The van der Waals surface area contributed by atoms with Crippen molar-refractivity contribution < 1.29 is 9.53 Å². The van der Waals surface area contributed by atoms with E-state index in [1.54, 1.807) is 34.5 Å². The molecule has 0 unspecified atom stereocenters. The Kier molecular flexibility index (Phi) is 5.77. The van der Waals surface area contributed by atoms with Crippen LogP contribution in [0.1, 0.15) is 30.9 Å². The number of aromatic nitrogens is 4. The number of carbonyl (C=O) groups is 1. The molecule has 1 amide bonds. The first-order chi connectivity index (χ1) is 15.4. The lowest BCUT2D eigenvalue weighted by atomic mass is 9.97. The van der Waals surface area contributed by atoms with Gasteiger partial charge in [0.2, 0.25) is 0 Å². The van der Waals surface area contributed by atoms with Gasteiger partial charge in [0.05, 0.1) is 12.7 Å². The molecule has 8 nitrogen and oxygen atoms in total. The van der Waals surface area contributed by atoms with E-state index in [-0.39, 0.29) is 5.69 Å². The summed E-state index contributed by atoms with van der Waals surface area (Å²) >= 11 is 0. The fourth-order valence-electron chi connectivity index (χ4n) is 3.66. The van der Waals surface area contributed by atoms with Gasteiger partial charge in [0.25, 0.3) is 0 Å². The van der Waals surface area contributed by atoms with E-state index >= 15 is 0 Å². The SMILES string of the molecule is CNC(=O)Oc1ccc(Cn2c(=O)n(C)c3cnc(-c4ccccc4C(C)C)nc32)cc1. The molecule has 0 bridgehead atoms. The number of carbonyl (C=O) groups excluding carboxylic acids is 1. The van der Waals surface area contributed by atoms with Gasteiger partial charge in [0.1, 0.15) is 11.3 Å². The van der Waals surface area contributed by atoms with Gasteiger partial charge in [0.15, 0.2) is 11.5 Å². The molecule has 0 fully saturated rings. The van der Waals surface area contributed by atoms with Crippen molar-refractivity contribution in [3.8, 4) is 17.1 Å². The van der Waals surface area contributed by atoms with Crippen LogP contribution < -0.4 is 15.7 Å². The van der Waals surface area contributed by atoms with Crippen LogP contribution in [0.5, 0.6) is 5.75 Å². The number of fused-ring (bicyclic) bond motifs is 1. The van der Waals surface area contributed by atoms with Crippen LogP contribution in [0.3, 0.4) is 0 Å². The molecular weight excluding hydrogens is 406 g/mol. The molecule has 32 heavy (non-hydrogen) atoms. The van der Waals surface area contributed by atoms with Crippen LogP contribution in [0.2, 0.25) is 0 Å². The smallest absolute Gasteiger partial charge is 0.410 e. The summed E-state index contributed by atoms with van der Waals surface area (Å²) in [5.74, 6) is 1.34. The van der Waals surface area contributed by atoms with Gasteiger partial charge in [-0.3, -0.25) is 9.13 Å². The minimum absolute atomic E-state index is 0.172. The summed E-state index contributed by atoms with van der Waals surface area (Å²) in [5.41, 5.74) is 4.07. The van der Waals surface area contributed by atoms with Gasteiger partial charge in [-0.25, -0.2) is 19.6 Å². The molecule has 0 saturated heterocycles. The summed E-state index contributed by atoms with van der Waals surface area (Å²) in [6.07, 6.45) is 1.17. The van der Waals surface area contributed by atoms with E-state index in [1.165, 1.54) is 7.05 Å². The topological polar surface area (TPSA) is 91.0 Å². The van der Waals surface area contributed by atoms with Gasteiger partial charge in [-0.15, -0.1) is 0 Å².